The second kappa shape index (κ2) is 9.11. The van der Waals surface area contributed by atoms with Crippen molar-refractivity contribution in [2.75, 3.05) is 13.6 Å². The Morgan fingerprint density at radius 2 is 1.88 bits per heavy atom. The highest BCUT2D eigenvalue weighted by Gasteiger charge is 2.22. The fraction of sp³-hybridized carbons (Fsp3) is 0.148. The minimum absolute atomic E-state index is 0.00785. The highest BCUT2D eigenvalue weighted by molar-refractivity contribution is 6.12. The van der Waals surface area contributed by atoms with Gasteiger partial charge in [0.25, 0.3) is 0 Å². The number of carbonyl (C=O) groups is 2. The molecule has 0 radical (unpaired) electrons. The van der Waals surface area contributed by atoms with Crippen molar-refractivity contribution in [1.29, 1.82) is 0 Å². The van der Waals surface area contributed by atoms with Crippen LogP contribution in [0.1, 0.15) is 33.2 Å². The van der Waals surface area contributed by atoms with E-state index in [1.807, 2.05) is 56.3 Å². The molecule has 0 atom stereocenters. The highest BCUT2D eigenvalue weighted by Crippen LogP contribution is 2.41. The lowest BCUT2D eigenvalue weighted by Gasteiger charge is -2.18. The number of carbonyl (C=O) groups excluding carboxylic acids is 1. The van der Waals surface area contributed by atoms with Crippen LogP contribution in [-0.4, -0.2) is 30.5 Å². The van der Waals surface area contributed by atoms with Gasteiger partial charge in [-0.05, 0) is 61.4 Å². The van der Waals surface area contributed by atoms with Gasteiger partial charge in [-0.15, -0.1) is 6.42 Å². The lowest BCUT2D eigenvalue weighted by Crippen LogP contribution is -2.07. The van der Waals surface area contributed by atoms with Crippen LogP contribution in [0.25, 0.3) is 33.4 Å². The molecule has 6 nitrogen and oxygen atoms in total. The number of fused-ring (bicyclic) bond motifs is 2. The molecule has 0 amide bonds. The van der Waals surface area contributed by atoms with Crippen LogP contribution in [0.2, 0.25) is 0 Å². The topological polar surface area (TPSA) is 91.9 Å². The van der Waals surface area contributed by atoms with Gasteiger partial charge in [0.1, 0.15) is 11.3 Å². The highest BCUT2D eigenvalue weighted by atomic mass is 16.4. The summed E-state index contributed by atoms with van der Waals surface area (Å²) in [5.41, 5.74) is 3.74. The van der Waals surface area contributed by atoms with Crippen molar-refractivity contribution in [3.05, 3.63) is 76.6 Å². The van der Waals surface area contributed by atoms with Gasteiger partial charge < -0.3 is 14.8 Å². The largest absolute Gasteiger partial charge is 0.478 e. The molecule has 0 unspecified atom stereocenters. The average Bonchev–Trinajstić information content (AvgIpc) is 2.82. The molecule has 0 saturated heterocycles. The van der Waals surface area contributed by atoms with Crippen LogP contribution in [0, 0.1) is 12.3 Å². The van der Waals surface area contributed by atoms with Crippen molar-refractivity contribution < 1.29 is 19.1 Å². The van der Waals surface area contributed by atoms with E-state index in [0.29, 0.717) is 35.6 Å². The number of benzene rings is 3. The Morgan fingerprint density at radius 1 is 1.09 bits per heavy atom. The fourth-order valence-corrected chi connectivity index (χ4v) is 3.97. The van der Waals surface area contributed by atoms with Crippen molar-refractivity contribution in [2.45, 2.75) is 13.5 Å². The van der Waals surface area contributed by atoms with Gasteiger partial charge in [-0.25, -0.2) is 4.79 Å². The maximum Gasteiger partial charge on any atom is 0.336 e. The van der Waals surface area contributed by atoms with Crippen molar-refractivity contribution in [3.8, 4) is 34.8 Å². The van der Waals surface area contributed by atoms with E-state index < -0.39 is 11.8 Å². The summed E-state index contributed by atoms with van der Waals surface area (Å²) < 4.78 is 6.25. The summed E-state index contributed by atoms with van der Waals surface area (Å²) >= 11 is 0. The molecule has 0 saturated carbocycles. The smallest absolute Gasteiger partial charge is 0.336 e. The molecule has 6 heteroatoms. The molecule has 164 valence electrons. The first-order valence-electron chi connectivity index (χ1n) is 10.5. The monoisotopic (exact) mass is 438 g/mol. The number of ketones is 1. The van der Waals surface area contributed by atoms with Gasteiger partial charge in [0.05, 0.1) is 10.9 Å². The zero-order valence-electron chi connectivity index (χ0n) is 18.3. The molecule has 1 aliphatic heterocycles. The zero-order chi connectivity index (χ0) is 23.5. The van der Waals surface area contributed by atoms with E-state index >= 15 is 0 Å². The molecule has 2 N–H and O–H groups in total. The van der Waals surface area contributed by atoms with Crippen molar-refractivity contribution in [1.82, 2.24) is 5.32 Å². The van der Waals surface area contributed by atoms with E-state index in [1.54, 1.807) is 12.1 Å². The number of carboxylic acid groups (broad SMARTS) is 1. The van der Waals surface area contributed by atoms with Gasteiger partial charge in [0, 0.05) is 41.2 Å². The van der Waals surface area contributed by atoms with Crippen LogP contribution in [-0.2, 0) is 6.54 Å². The van der Waals surface area contributed by atoms with Crippen molar-refractivity contribution in [2.24, 2.45) is 4.99 Å². The molecule has 0 aromatic heterocycles. The number of nitrogens with zero attached hydrogens (tertiary/aromatic N) is 1. The summed E-state index contributed by atoms with van der Waals surface area (Å²) in [7, 11) is 1.86. The van der Waals surface area contributed by atoms with E-state index in [1.165, 1.54) is 6.07 Å². The third kappa shape index (κ3) is 4.14. The Hall–Kier alpha value is -4.21. The number of hydrogen-bond donors (Lipinski definition) is 2. The maximum atomic E-state index is 12.2. The minimum atomic E-state index is -1.15. The van der Waals surface area contributed by atoms with E-state index in [9.17, 15) is 14.7 Å². The summed E-state index contributed by atoms with van der Waals surface area (Å²) in [5.74, 6) is 0.915. The van der Waals surface area contributed by atoms with Gasteiger partial charge >= 0.3 is 5.97 Å². The summed E-state index contributed by atoms with van der Waals surface area (Å²) in [4.78, 5) is 28.6. The summed E-state index contributed by atoms with van der Waals surface area (Å²) in [6.45, 7) is 3.24. The second-order valence-corrected chi connectivity index (χ2v) is 7.53. The minimum Gasteiger partial charge on any atom is -0.478 e. The third-order valence-corrected chi connectivity index (χ3v) is 5.40. The van der Waals surface area contributed by atoms with Crippen LogP contribution in [0.5, 0.6) is 0 Å². The summed E-state index contributed by atoms with van der Waals surface area (Å²) in [5, 5.41) is 14.6. The first-order chi connectivity index (χ1) is 16.0. The molecule has 2 aromatic carbocycles. The molecular weight excluding hydrogens is 416 g/mol. The average molecular weight is 438 g/mol. The molecule has 0 bridgehead atoms. The third-order valence-electron chi connectivity index (χ3n) is 5.40. The van der Waals surface area contributed by atoms with Gasteiger partial charge in [-0.2, -0.15) is 0 Å². The van der Waals surface area contributed by atoms with E-state index in [4.69, 9.17) is 10.8 Å². The zero-order valence-corrected chi connectivity index (χ0v) is 18.3. The van der Waals surface area contributed by atoms with Gasteiger partial charge in [0.2, 0.25) is 5.78 Å². The van der Waals surface area contributed by atoms with E-state index in [-0.39, 0.29) is 11.1 Å². The fourth-order valence-electron chi connectivity index (χ4n) is 3.97. The Bertz CT molecular complexity index is 1470. The molecular formula is C27H22N2O4. The number of hydrogen-bond acceptors (Lipinski definition) is 5. The van der Waals surface area contributed by atoms with Crippen LogP contribution >= 0.6 is 0 Å². The quantitative estimate of drug-likeness (QED) is 0.202. The molecule has 0 spiro atoms. The number of terminal acetylenes is 1. The van der Waals surface area contributed by atoms with Gasteiger partial charge in [-0.3, -0.25) is 9.79 Å². The lowest BCUT2D eigenvalue weighted by atomic mass is 9.89. The predicted octanol–water partition coefficient (Wildman–Crippen LogP) is 4.36. The molecule has 33 heavy (non-hydrogen) atoms. The van der Waals surface area contributed by atoms with Gasteiger partial charge in [0.15, 0.2) is 0 Å². The lowest BCUT2D eigenvalue weighted by molar-refractivity contribution is 0.0697. The Balaban J connectivity index is 2.11. The molecule has 1 aliphatic carbocycles. The van der Waals surface area contributed by atoms with Gasteiger partial charge in [-0.1, -0.05) is 18.2 Å². The van der Waals surface area contributed by atoms with Crippen LogP contribution in [0.4, 0.5) is 0 Å². The predicted molar refractivity (Wildman–Crippen MR) is 127 cm³/mol. The molecule has 2 aliphatic rings. The first kappa shape index (κ1) is 22.0. The van der Waals surface area contributed by atoms with E-state index in [0.717, 1.165) is 21.9 Å². The van der Waals surface area contributed by atoms with E-state index in [2.05, 4.69) is 10.3 Å². The molecule has 4 rings (SSSR count). The van der Waals surface area contributed by atoms with Crippen LogP contribution in [0.15, 0.2) is 64.0 Å². The number of aromatic carboxylic acids is 1. The summed E-state index contributed by atoms with van der Waals surface area (Å²) in [6, 6.07) is 16.0. The Labute approximate surface area is 190 Å². The summed E-state index contributed by atoms with van der Waals surface area (Å²) in [6.07, 6.45) is 5.23. The number of rotatable bonds is 6. The normalized spacial score (nSPS) is 11.6. The molecule has 0 fully saturated rings. The number of nitrogens with one attached hydrogen (secondary N) is 1. The number of Topliss-reactive ketones (excluding diaryl/α,β-unsaturated/α-hetero) is 1. The van der Waals surface area contributed by atoms with Crippen LogP contribution < -0.4 is 10.7 Å². The Morgan fingerprint density at radius 3 is 2.58 bits per heavy atom. The molecule has 2 aromatic rings. The maximum absolute atomic E-state index is 12.2. The second-order valence-electron chi connectivity index (χ2n) is 7.53. The standard InChI is InChI=1S/C27H22N2O4/c1-4-23(30)17-7-10-19(22(13-17)27(31)32)26-20-9-6-16(15-28-3)12-24(20)33-25-14-18(29-5-2)8-11-21(25)26/h1,6-14,28H,5,15H2,2-3H3,(H,31,32). The van der Waals surface area contributed by atoms with Crippen molar-refractivity contribution >= 4 is 22.7 Å². The SMILES string of the molecule is C#CC(=O)c1ccc(-c2c3ccc(=NCC)cc-3oc3cc(CNC)ccc23)c(C(=O)O)c1. The van der Waals surface area contributed by atoms with Crippen molar-refractivity contribution in [3.63, 3.8) is 0 Å². The number of carboxylic acids is 1. The molecule has 1 heterocycles. The first-order valence-corrected chi connectivity index (χ1v) is 10.5. The van der Waals surface area contributed by atoms with Crippen LogP contribution in [0.3, 0.4) is 0 Å². The Kier molecular flexibility index (Phi) is 6.07.